The number of amides is 1. The first-order valence-electron chi connectivity index (χ1n) is 7.05. The van der Waals surface area contributed by atoms with Crippen molar-refractivity contribution in [2.45, 2.75) is 13.0 Å². The fourth-order valence-electron chi connectivity index (χ4n) is 2.25. The zero-order valence-corrected chi connectivity index (χ0v) is 13.0. The maximum absolute atomic E-state index is 13.7. The van der Waals surface area contributed by atoms with Crippen molar-refractivity contribution in [1.82, 2.24) is 5.32 Å². The van der Waals surface area contributed by atoms with Crippen LogP contribution in [-0.2, 0) is 0 Å². The fourth-order valence-corrected chi connectivity index (χ4v) is 2.25. The van der Waals surface area contributed by atoms with Gasteiger partial charge in [-0.25, -0.2) is 8.78 Å². The predicted molar refractivity (Wildman–Crippen MR) is 84.9 cm³/mol. The summed E-state index contributed by atoms with van der Waals surface area (Å²) in [4.78, 5) is 22.6. The van der Waals surface area contributed by atoms with Crippen molar-refractivity contribution in [3.8, 4) is 0 Å². The molecule has 0 saturated heterocycles. The molecule has 2 N–H and O–H groups in total. The van der Waals surface area contributed by atoms with E-state index >= 15 is 0 Å². The van der Waals surface area contributed by atoms with Crippen LogP contribution in [0.5, 0.6) is 0 Å². The summed E-state index contributed by atoms with van der Waals surface area (Å²) in [6.07, 6.45) is 0. The molecule has 8 heteroatoms. The Labute approximate surface area is 136 Å². The molecule has 0 saturated carbocycles. The van der Waals surface area contributed by atoms with Crippen molar-refractivity contribution in [2.75, 3.05) is 12.4 Å². The molecule has 0 unspecified atom stereocenters. The molecule has 6 nitrogen and oxygen atoms in total. The normalized spacial score (nSPS) is 11.7. The van der Waals surface area contributed by atoms with Gasteiger partial charge in [0.1, 0.15) is 17.3 Å². The van der Waals surface area contributed by atoms with Crippen molar-refractivity contribution < 1.29 is 18.5 Å². The van der Waals surface area contributed by atoms with E-state index in [0.717, 1.165) is 18.2 Å². The van der Waals surface area contributed by atoms with Gasteiger partial charge in [-0.1, -0.05) is 6.07 Å². The molecule has 0 spiro atoms. The number of halogens is 2. The maximum atomic E-state index is 13.7. The number of nitro groups is 1. The predicted octanol–water partition coefficient (Wildman–Crippen LogP) is 3.41. The van der Waals surface area contributed by atoms with Crippen LogP contribution < -0.4 is 10.6 Å². The number of nitrogens with zero attached hydrogens (tertiary/aromatic N) is 1. The third-order valence-electron chi connectivity index (χ3n) is 3.50. The fraction of sp³-hybridized carbons (Fsp3) is 0.188. The number of carbonyl (C=O) groups is 1. The third-order valence-corrected chi connectivity index (χ3v) is 3.50. The lowest BCUT2D eigenvalue weighted by molar-refractivity contribution is -0.384. The quantitative estimate of drug-likeness (QED) is 0.648. The van der Waals surface area contributed by atoms with Gasteiger partial charge >= 0.3 is 0 Å². The summed E-state index contributed by atoms with van der Waals surface area (Å²) in [6, 6.07) is 6.29. The van der Waals surface area contributed by atoms with Crippen molar-refractivity contribution in [2.24, 2.45) is 0 Å². The Morgan fingerprint density at radius 1 is 1.21 bits per heavy atom. The number of anilines is 1. The van der Waals surface area contributed by atoms with Gasteiger partial charge in [-0.05, 0) is 25.1 Å². The second-order valence-electron chi connectivity index (χ2n) is 5.10. The number of nitro benzene ring substituents is 1. The highest BCUT2D eigenvalue weighted by atomic mass is 19.1. The van der Waals surface area contributed by atoms with Crippen LogP contribution in [-0.4, -0.2) is 17.9 Å². The van der Waals surface area contributed by atoms with Crippen LogP contribution in [0.25, 0.3) is 0 Å². The number of rotatable bonds is 5. The lowest BCUT2D eigenvalue weighted by Gasteiger charge is -2.15. The molecule has 1 atom stereocenters. The molecule has 24 heavy (non-hydrogen) atoms. The molecule has 2 aromatic rings. The van der Waals surface area contributed by atoms with Crippen LogP contribution in [0.2, 0.25) is 0 Å². The van der Waals surface area contributed by atoms with Gasteiger partial charge < -0.3 is 10.6 Å². The number of carbonyl (C=O) groups excluding carboxylic acids is 1. The number of hydrogen-bond acceptors (Lipinski definition) is 4. The van der Waals surface area contributed by atoms with Gasteiger partial charge in [-0.2, -0.15) is 0 Å². The minimum Gasteiger partial charge on any atom is -0.383 e. The average molecular weight is 335 g/mol. The molecule has 0 heterocycles. The molecule has 0 bridgehead atoms. The monoisotopic (exact) mass is 335 g/mol. The zero-order chi connectivity index (χ0) is 17.9. The second kappa shape index (κ2) is 7.03. The van der Waals surface area contributed by atoms with E-state index < -0.39 is 28.5 Å². The summed E-state index contributed by atoms with van der Waals surface area (Å²) >= 11 is 0. The summed E-state index contributed by atoms with van der Waals surface area (Å²) in [5.74, 6) is -2.09. The SMILES string of the molecule is CNc1ccc(C(=O)N[C@@H](C)c2ccc(F)cc2F)cc1[N+](=O)[O-]. The summed E-state index contributed by atoms with van der Waals surface area (Å²) in [6.45, 7) is 1.53. The first-order valence-corrected chi connectivity index (χ1v) is 7.05. The van der Waals surface area contributed by atoms with E-state index in [9.17, 15) is 23.7 Å². The highest BCUT2D eigenvalue weighted by molar-refractivity contribution is 5.96. The Balaban J connectivity index is 2.23. The molecular formula is C16H15F2N3O3. The lowest BCUT2D eigenvalue weighted by Crippen LogP contribution is -2.27. The summed E-state index contributed by atoms with van der Waals surface area (Å²) in [5, 5.41) is 16.2. The maximum Gasteiger partial charge on any atom is 0.293 e. The molecule has 0 radical (unpaired) electrons. The summed E-state index contributed by atoms with van der Waals surface area (Å²) in [7, 11) is 1.53. The van der Waals surface area contributed by atoms with Crippen molar-refractivity contribution >= 4 is 17.3 Å². The van der Waals surface area contributed by atoms with E-state index in [4.69, 9.17) is 0 Å². The Hall–Kier alpha value is -3.03. The Morgan fingerprint density at radius 2 is 1.92 bits per heavy atom. The van der Waals surface area contributed by atoms with E-state index in [2.05, 4.69) is 10.6 Å². The minimum absolute atomic E-state index is 0.0649. The van der Waals surface area contributed by atoms with Gasteiger partial charge in [-0.15, -0.1) is 0 Å². The molecular weight excluding hydrogens is 320 g/mol. The van der Waals surface area contributed by atoms with E-state index in [0.29, 0.717) is 0 Å². The van der Waals surface area contributed by atoms with Gasteiger partial charge in [-0.3, -0.25) is 14.9 Å². The Morgan fingerprint density at radius 3 is 2.50 bits per heavy atom. The standard InChI is InChI=1S/C16H15F2N3O3/c1-9(12-5-4-11(17)8-13(12)18)20-16(22)10-3-6-14(19-2)15(7-10)21(23)24/h3-9,19H,1-2H3,(H,20,22)/t9-/m0/s1. The Kier molecular flexibility index (Phi) is 5.08. The summed E-state index contributed by atoms with van der Waals surface area (Å²) in [5.41, 5.74) is 0.209. The van der Waals surface area contributed by atoms with Crippen molar-refractivity contribution in [3.63, 3.8) is 0 Å². The van der Waals surface area contributed by atoms with Crippen LogP contribution >= 0.6 is 0 Å². The molecule has 0 aliphatic rings. The molecule has 2 rings (SSSR count). The second-order valence-corrected chi connectivity index (χ2v) is 5.10. The van der Waals surface area contributed by atoms with Crippen LogP contribution in [0, 0.1) is 21.7 Å². The van der Waals surface area contributed by atoms with E-state index in [1.165, 1.54) is 32.2 Å². The van der Waals surface area contributed by atoms with E-state index in [1.54, 1.807) is 0 Å². The topological polar surface area (TPSA) is 84.3 Å². The molecule has 1 amide bonds. The van der Waals surface area contributed by atoms with Crippen LogP contribution in [0.1, 0.15) is 28.9 Å². The zero-order valence-electron chi connectivity index (χ0n) is 13.0. The number of nitrogens with one attached hydrogen (secondary N) is 2. The lowest BCUT2D eigenvalue weighted by atomic mass is 10.1. The van der Waals surface area contributed by atoms with Gasteiger partial charge in [0.25, 0.3) is 11.6 Å². The highest BCUT2D eigenvalue weighted by Gasteiger charge is 2.19. The van der Waals surface area contributed by atoms with Crippen molar-refractivity contribution in [1.29, 1.82) is 0 Å². The smallest absolute Gasteiger partial charge is 0.293 e. The minimum atomic E-state index is -0.778. The first kappa shape index (κ1) is 17.3. The van der Waals surface area contributed by atoms with E-state index in [-0.39, 0.29) is 22.5 Å². The molecule has 0 aliphatic carbocycles. The Bertz CT molecular complexity index is 796. The molecule has 0 fully saturated rings. The number of hydrogen-bond donors (Lipinski definition) is 2. The molecule has 2 aromatic carbocycles. The summed E-state index contributed by atoms with van der Waals surface area (Å²) < 4.78 is 26.7. The van der Waals surface area contributed by atoms with Gasteiger partial charge in [0.2, 0.25) is 0 Å². The molecule has 126 valence electrons. The van der Waals surface area contributed by atoms with E-state index in [1.807, 2.05) is 0 Å². The van der Waals surface area contributed by atoms with Crippen LogP contribution in [0.15, 0.2) is 36.4 Å². The molecule has 0 aromatic heterocycles. The van der Waals surface area contributed by atoms with Gasteiger partial charge in [0.05, 0.1) is 11.0 Å². The van der Waals surface area contributed by atoms with Crippen molar-refractivity contribution in [3.05, 3.63) is 69.3 Å². The van der Waals surface area contributed by atoms with Gasteiger partial charge in [0.15, 0.2) is 0 Å². The first-order chi connectivity index (χ1) is 11.3. The number of benzene rings is 2. The molecule has 0 aliphatic heterocycles. The largest absolute Gasteiger partial charge is 0.383 e. The third kappa shape index (κ3) is 3.65. The van der Waals surface area contributed by atoms with Crippen LogP contribution in [0.4, 0.5) is 20.2 Å². The average Bonchev–Trinajstić information content (AvgIpc) is 2.53. The van der Waals surface area contributed by atoms with Crippen LogP contribution in [0.3, 0.4) is 0 Å². The van der Waals surface area contributed by atoms with Gasteiger partial charge in [0, 0.05) is 30.3 Å². The highest BCUT2D eigenvalue weighted by Crippen LogP contribution is 2.25.